The Morgan fingerprint density at radius 1 is 1.25 bits per heavy atom. The van der Waals surface area contributed by atoms with E-state index in [0.29, 0.717) is 18.6 Å². The molecule has 0 spiro atoms. The van der Waals surface area contributed by atoms with Gasteiger partial charge in [-0.3, -0.25) is 9.80 Å². The van der Waals surface area contributed by atoms with E-state index < -0.39 is 5.60 Å². The van der Waals surface area contributed by atoms with Gasteiger partial charge in [-0.15, -0.1) is 0 Å². The molecule has 2 atom stereocenters. The van der Waals surface area contributed by atoms with Crippen LogP contribution in [-0.2, 0) is 4.74 Å². The summed E-state index contributed by atoms with van der Waals surface area (Å²) in [6.45, 7) is 14.7. The molecule has 4 aliphatic heterocycles. The second kappa shape index (κ2) is 3.58. The summed E-state index contributed by atoms with van der Waals surface area (Å²) < 4.78 is 6.34. The van der Waals surface area contributed by atoms with Gasteiger partial charge in [0.25, 0.3) is 0 Å². The van der Waals surface area contributed by atoms with Crippen molar-refractivity contribution in [1.29, 1.82) is 0 Å². The molecule has 5 heteroatoms. The smallest absolute Gasteiger partial charge is 0.111 e. The standard InChI is InChI=1S/C15H27N3O2/c1-12(2,20-7-11-14(4,19)8-16-11)15-13(3)9-17(15)5-6-18(15)10-13/h11,16,19H,5-10H2,1-4H3. The van der Waals surface area contributed by atoms with Crippen LogP contribution in [0.1, 0.15) is 27.7 Å². The maximum atomic E-state index is 10.1. The molecular weight excluding hydrogens is 254 g/mol. The van der Waals surface area contributed by atoms with Crippen LogP contribution in [0.3, 0.4) is 0 Å². The molecule has 0 radical (unpaired) electrons. The van der Waals surface area contributed by atoms with E-state index in [9.17, 15) is 5.11 Å². The molecule has 4 heterocycles. The molecular formula is C15H27N3O2. The fourth-order valence-corrected chi connectivity index (χ4v) is 5.51. The number of aliphatic hydroxyl groups is 1. The van der Waals surface area contributed by atoms with Gasteiger partial charge >= 0.3 is 0 Å². The van der Waals surface area contributed by atoms with Crippen molar-refractivity contribution in [2.45, 2.75) is 50.6 Å². The zero-order chi connectivity index (χ0) is 14.4. The van der Waals surface area contributed by atoms with Crippen LogP contribution in [0.4, 0.5) is 0 Å². The van der Waals surface area contributed by atoms with Crippen LogP contribution in [-0.4, -0.2) is 77.1 Å². The van der Waals surface area contributed by atoms with Crippen molar-refractivity contribution in [3.05, 3.63) is 0 Å². The average Bonchev–Trinajstić information content (AvgIpc) is 2.43. The number of nitrogens with one attached hydrogen (secondary N) is 1. The minimum Gasteiger partial charge on any atom is -0.387 e. The van der Waals surface area contributed by atoms with E-state index in [4.69, 9.17) is 4.74 Å². The van der Waals surface area contributed by atoms with Gasteiger partial charge in [-0.1, -0.05) is 6.92 Å². The molecule has 4 fully saturated rings. The topological polar surface area (TPSA) is 48.0 Å². The number of rotatable bonds is 4. The first-order valence-electron chi connectivity index (χ1n) is 7.83. The highest BCUT2D eigenvalue weighted by Crippen LogP contribution is 2.65. The molecule has 0 aromatic carbocycles. The van der Waals surface area contributed by atoms with Crippen molar-refractivity contribution in [1.82, 2.24) is 15.1 Å². The molecule has 2 N–H and O–H groups in total. The fraction of sp³-hybridized carbons (Fsp3) is 1.00. The highest BCUT2D eigenvalue weighted by atomic mass is 16.5. The third-order valence-corrected chi connectivity index (χ3v) is 6.38. The van der Waals surface area contributed by atoms with E-state index in [1.54, 1.807) is 0 Å². The van der Waals surface area contributed by atoms with E-state index in [-0.39, 0.29) is 17.3 Å². The Morgan fingerprint density at radius 3 is 2.25 bits per heavy atom. The highest BCUT2D eigenvalue weighted by Gasteiger charge is 2.80. The Kier molecular flexibility index (Phi) is 2.41. The summed E-state index contributed by atoms with van der Waals surface area (Å²) in [6, 6.07) is 0.0623. The third-order valence-electron chi connectivity index (χ3n) is 6.38. The molecule has 0 bridgehead atoms. The Hall–Kier alpha value is -0.200. The van der Waals surface area contributed by atoms with Crippen molar-refractivity contribution >= 4 is 0 Å². The van der Waals surface area contributed by atoms with Gasteiger partial charge in [-0.2, -0.15) is 0 Å². The highest BCUT2D eigenvalue weighted by molar-refractivity contribution is 5.30. The molecule has 0 aromatic rings. The molecule has 0 amide bonds. The lowest BCUT2D eigenvalue weighted by molar-refractivity contribution is -0.355. The summed E-state index contributed by atoms with van der Waals surface area (Å²) in [5, 5.41) is 13.4. The zero-order valence-electron chi connectivity index (χ0n) is 13.1. The van der Waals surface area contributed by atoms with Gasteiger partial charge in [0.2, 0.25) is 0 Å². The zero-order valence-corrected chi connectivity index (χ0v) is 13.1. The predicted molar refractivity (Wildman–Crippen MR) is 76.4 cm³/mol. The van der Waals surface area contributed by atoms with Crippen molar-refractivity contribution < 1.29 is 9.84 Å². The number of hydrogen-bond acceptors (Lipinski definition) is 5. The van der Waals surface area contributed by atoms with Gasteiger partial charge in [-0.25, -0.2) is 0 Å². The molecule has 2 unspecified atom stereocenters. The van der Waals surface area contributed by atoms with Crippen molar-refractivity contribution in [2.24, 2.45) is 5.41 Å². The summed E-state index contributed by atoms with van der Waals surface area (Å²) in [5.41, 5.74) is -0.351. The normalized spacial score (nSPS) is 51.1. The lowest BCUT2D eigenvalue weighted by Crippen LogP contribution is -2.92. The average molecular weight is 281 g/mol. The summed E-state index contributed by atoms with van der Waals surface area (Å²) in [4.78, 5) is 5.17. The van der Waals surface area contributed by atoms with Crippen LogP contribution < -0.4 is 5.32 Å². The van der Waals surface area contributed by atoms with Gasteiger partial charge in [0, 0.05) is 38.1 Å². The summed E-state index contributed by atoms with van der Waals surface area (Å²) in [5.74, 6) is 0. The number of ether oxygens (including phenoxy) is 1. The predicted octanol–water partition coefficient (Wildman–Crippen LogP) is -0.148. The van der Waals surface area contributed by atoms with E-state index in [1.165, 1.54) is 26.2 Å². The summed E-state index contributed by atoms with van der Waals surface area (Å²) in [6.07, 6.45) is 0. The van der Waals surface area contributed by atoms with Crippen LogP contribution >= 0.6 is 0 Å². The van der Waals surface area contributed by atoms with E-state index >= 15 is 0 Å². The Bertz CT molecular complexity index is 434. The molecule has 20 heavy (non-hydrogen) atoms. The number of nitrogens with zero attached hydrogens (tertiary/aromatic N) is 2. The van der Waals surface area contributed by atoms with Crippen LogP contribution in [0.2, 0.25) is 0 Å². The Morgan fingerprint density at radius 2 is 1.85 bits per heavy atom. The van der Waals surface area contributed by atoms with Crippen molar-refractivity contribution in [3.63, 3.8) is 0 Å². The van der Waals surface area contributed by atoms with E-state index in [0.717, 1.165) is 0 Å². The lowest BCUT2D eigenvalue weighted by atomic mass is 9.54. The molecule has 4 aliphatic rings. The maximum Gasteiger partial charge on any atom is 0.111 e. The van der Waals surface area contributed by atoms with Crippen LogP contribution in [0.25, 0.3) is 0 Å². The first-order valence-corrected chi connectivity index (χ1v) is 7.83. The van der Waals surface area contributed by atoms with E-state index in [2.05, 4.69) is 35.9 Å². The molecule has 5 nitrogen and oxygen atoms in total. The molecule has 4 saturated heterocycles. The number of β-amino-alcohol motifs (C(OH)–C–C–N with tert-alkyl or cyclic N) is 1. The minimum atomic E-state index is -0.615. The number of hydrogen-bond donors (Lipinski definition) is 2. The van der Waals surface area contributed by atoms with Crippen LogP contribution in [0, 0.1) is 5.41 Å². The fourth-order valence-electron chi connectivity index (χ4n) is 5.51. The monoisotopic (exact) mass is 281 g/mol. The first-order chi connectivity index (χ1) is 9.23. The SMILES string of the molecule is CC1(O)CNC1COC(C)(C)C12N3CCN1CC2(C)C3. The lowest BCUT2D eigenvalue weighted by Gasteiger charge is -2.78. The van der Waals surface area contributed by atoms with Gasteiger partial charge in [0.15, 0.2) is 0 Å². The maximum absolute atomic E-state index is 10.1. The van der Waals surface area contributed by atoms with E-state index in [1.807, 2.05) is 6.92 Å². The molecule has 4 rings (SSSR count). The first kappa shape index (κ1) is 13.5. The Balaban J connectivity index is 1.50. The van der Waals surface area contributed by atoms with Crippen molar-refractivity contribution in [3.8, 4) is 0 Å². The van der Waals surface area contributed by atoms with Gasteiger partial charge in [0.1, 0.15) is 5.66 Å². The van der Waals surface area contributed by atoms with Gasteiger partial charge in [0.05, 0.1) is 23.9 Å². The Labute approximate surface area is 121 Å². The second-order valence-electron chi connectivity index (χ2n) is 8.19. The molecule has 0 aromatic heterocycles. The second-order valence-corrected chi connectivity index (χ2v) is 8.19. The quantitative estimate of drug-likeness (QED) is 0.751. The largest absolute Gasteiger partial charge is 0.387 e. The molecule has 114 valence electrons. The van der Waals surface area contributed by atoms with Crippen LogP contribution in [0.5, 0.6) is 0 Å². The van der Waals surface area contributed by atoms with Crippen LogP contribution in [0.15, 0.2) is 0 Å². The molecule has 0 saturated carbocycles. The summed E-state index contributed by atoms with van der Waals surface area (Å²) in [7, 11) is 0. The summed E-state index contributed by atoms with van der Waals surface area (Å²) >= 11 is 0. The van der Waals surface area contributed by atoms with Gasteiger partial charge < -0.3 is 15.2 Å². The molecule has 0 aliphatic carbocycles. The minimum absolute atomic E-state index is 0.0623. The van der Waals surface area contributed by atoms with Gasteiger partial charge in [-0.05, 0) is 20.8 Å². The van der Waals surface area contributed by atoms with Crippen molar-refractivity contribution in [2.75, 3.05) is 39.3 Å². The third kappa shape index (κ3) is 1.27.